The highest BCUT2D eigenvalue weighted by Gasteiger charge is 2.21. The van der Waals surface area contributed by atoms with Crippen LogP contribution in [0.4, 0.5) is 10.2 Å². The largest absolute Gasteiger partial charge is 0.390 e. The van der Waals surface area contributed by atoms with Gasteiger partial charge in [0.05, 0.1) is 29.5 Å². The lowest BCUT2D eigenvalue weighted by molar-refractivity contribution is 0.0663. The van der Waals surface area contributed by atoms with Crippen molar-refractivity contribution in [3.05, 3.63) is 66.2 Å². The van der Waals surface area contributed by atoms with Crippen molar-refractivity contribution >= 4 is 11.5 Å². The number of hydrogen-bond donors (Lipinski definition) is 1. The molecule has 3 aromatic heterocycles. The number of benzene rings is 1. The quantitative estimate of drug-likeness (QED) is 0.486. The maximum atomic E-state index is 13.4. The van der Waals surface area contributed by atoms with Crippen molar-refractivity contribution in [1.29, 1.82) is 0 Å². The minimum absolute atomic E-state index is 0. The van der Waals surface area contributed by atoms with Gasteiger partial charge in [0.25, 0.3) is 5.82 Å². The van der Waals surface area contributed by atoms with Crippen molar-refractivity contribution < 1.29 is 9.50 Å². The molecule has 154 valence electrons. The zero-order chi connectivity index (χ0) is 20.6. The SMILES string of the molecule is C.[C-]#[N+]c1cnc2ccc(-c3c(-c4ccc(F)cc4)ncn3CCC(C)(C)O)nn12. The third kappa shape index (κ3) is 4.07. The van der Waals surface area contributed by atoms with Crippen LogP contribution in [0.3, 0.4) is 0 Å². The Kier molecular flexibility index (Phi) is 5.67. The summed E-state index contributed by atoms with van der Waals surface area (Å²) in [5.74, 6) is -0.0100. The van der Waals surface area contributed by atoms with Crippen molar-refractivity contribution in [3.8, 4) is 22.6 Å². The molecule has 4 rings (SSSR count). The molecule has 0 unspecified atom stereocenters. The van der Waals surface area contributed by atoms with Gasteiger partial charge in [-0.15, -0.1) is 4.52 Å². The number of aryl methyl sites for hydroxylation is 1. The Morgan fingerprint density at radius 2 is 1.87 bits per heavy atom. The van der Waals surface area contributed by atoms with Gasteiger partial charge in [-0.1, -0.05) is 19.1 Å². The second-order valence-electron chi connectivity index (χ2n) is 7.42. The van der Waals surface area contributed by atoms with Crippen molar-refractivity contribution in [2.24, 2.45) is 0 Å². The molecular formula is C22H23FN6O. The highest BCUT2D eigenvalue weighted by molar-refractivity contribution is 5.77. The molecule has 0 saturated carbocycles. The summed E-state index contributed by atoms with van der Waals surface area (Å²) in [5.41, 5.74) is 2.47. The predicted molar refractivity (Wildman–Crippen MR) is 114 cm³/mol. The van der Waals surface area contributed by atoms with Gasteiger partial charge in [-0.3, -0.25) is 0 Å². The van der Waals surface area contributed by atoms with Crippen LogP contribution in [-0.4, -0.2) is 34.9 Å². The average molecular weight is 406 g/mol. The van der Waals surface area contributed by atoms with Gasteiger partial charge in [-0.2, -0.15) is 0 Å². The molecule has 0 aliphatic heterocycles. The first-order valence-corrected chi connectivity index (χ1v) is 9.12. The van der Waals surface area contributed by atoms with Gasteiger partial charge in [0.2, 0.25) is 5.65 Å². The molecule has 3 heterocycles. The summed E-state index contributed by atoms with van der Waals surface area (Å²) >= 11 is 0. The number of imidazole rings is 2. The van der Waals surface area contributed by atoms with Gasteiger partial charge >= 0.3 is 0 Å². The van der Waals surface area contributed by atoms with Gasteiger partial charge in [-0.05, 0) is 50.6 Å². The normalized spacial score (nSPS) is 11.3. The summed E-state index contributed by atoms with van der Waals surface area (Å²) in [6.07, 6.45) is 3.68. The summed E-state index contributed by atoms with van der Waals surface area (Å²) in [6, 6.07) is 9.72. The monoisotopic (exact) mass is 406 g/mol. The van der Waals surface area contributed by atoms with Crippen LogP contribution in [0.5, 0.6) is 0 Å². The molecule has 0 atom stereocenters. The Balaban J connectivity index is 0.00000256. The number of fused-ring (bicyclic) bond motifs is 1. The Bertz CT molecular complexity index is 1210. The number of nitrogens with zero attached hydrogens (tertiary/aromatic N) is 6. The van der Waals surface area contributed by atoms with Gasteiger partial charge in [-0.25, -0.2) is 14.4 Å². The third-order valence-corrected chi connectivity index (χ3v) is 4.62. The molecular weight excluding hydrogens is 383 g/mol. The summed E-state index contributed by atoms with van der Waals surface area (Å²) in [4.78, 5) is 12.2. The van der Waals surface area contributed by atoms with Crippen LogP contribution >= 0.6 is 0 Å². The van der Waals surface area contributed by atoms with E-state index >= 15 is 0 Å². The number of aliphatic hydroxyl groups is 1. The number of rotatable bonds is 5. The molecule has 0 fully saturated rings. The van der Waals surface area contributed by atoms with Crippen molar-refractivity contribution in [2.75, 3.05) is 0 Å². The Morgan fingerprint density at radius 3 is 2.53 bits per heavy atom. The van der Waals surface area contributed by atoms with Gasteiger partial charge in [0.15, 0.2) is 0 Å². The molecule has 1 N–H and O–H groups in total. The fraction of sp³-hybridized carbons (Fsp3) is 0.273. The third-order valence-electron chi connectivity index (χ3n) is 4.62. The number of aromatic nitrogens is 5. The maximum absolute atomic E-state index is 13.4. The van der Waals surface area contributed by atoms with Gasteiger partial charge in [0.1, 0.15) is 11.5 Å². The molecule has 0 spiro atoms. The zero-order valence-electron chi connectivity index (χ0n) is 16.0. The van der Waals surface area contributed by atoms with Crippen LogP contribution in [0.2, 0.25) is 0 Å². The minimum Gasteiger partial charge on any atom is -0.390 e. The summed E-state index contributed by atoms with van der Waals surface area (Å²) in [7, 11) is 0. The van der Waals surface area contributed by atoms with E-state index in [1.54, 1.807) is 38.4 Å². The van der Waals surface area contributed by atoms with Gasteiger partial charge < -0.3 is 14.5 Å². The van der Waals surface area contributed by atoms with E-state index in [-0.39, 0.29) is 13.2 Å². The first-order chi connectivity index (χ1) is 13.9. The molecule has 0 aliphatic carbocycles. The standard InChI is InChI=1S/C21H19FN6O.CH4/c1-21(2,29)10-11-27-13-25-19(14-4-6-15(22)7-5-14)20(27)16-8-9-17-24-12-18(23-3)28(17)26-16;/h4-9,12-13,29H,10-11H2,1-2H3;1H4. The van der Waals surface area contributed by atoms with E-state index in [1.807, 2.05) is 10.6 Å². The Morgan fingerprint density at radius 1 is 1.13 bits per heavy atom. The topological polar surface area (TPSA) is 72.6 Å². The first-order valence-electron chi connectivity index (χ1n) is 9.12. The van der Waals surface area contributed by atoms with E-state index in [2.05, 4.69) is 19.9 Å². The zero-order valence-corrected chi connectivity index (χ0v) is 16.0. The molecule has 0 amide bonds. The predicted octanol–water partition coefficient (Wildman–Crippen LogP) is 4.75. The van der Waals surface area contributed by atoms with E-state index < -0.39 is 5.60 Å². The number of hydrogen-bond acceptors (Lipinski definition) is 4. The van der Waals surface area contributed by atoms with Gasteiger partial charge in [0, 0.05) is 18.2 Å². The molecule has 7 nitrogen and oxygen atoms in total. The lowest BCUT2D eigenvalue weighted by Gasteiger charge is -2.18. The van der Waals surface area contributed by atoms with Crippen LogP contribution in [0.15, 0.2) is 48.9 Å². The van der Waals surface area contributed by atoms with Crippen LogP contribution in [0.25, 0.3) is 33.1 Å². The smallest absolute Gasteiger partial charge is 0.275 e. The second kappa shape index (κ2) is 8.05. The molecule has 0 bridgehead atoms. The number of halogens is 1. The molecule has 0 radical (unpaired) electrons. The Hall–Kier alpha value is -3.57. The van der Waals surface area contributed by atoms with E-state index in [9.17, 15) is 9.50 Å². The second-order valence-corrected chi connectivity index (χ2v) is 7.42. The molecule has 30 heavy (non-hydrogen) atoms. The van der Waals surface area contributed by atoms with Crippen molar-refractivity contribution in [3.63, 3.8) is 0 Å². The minimum atomic E-state index is -0.837. The summed E-state index contributed by atoms with van der Waals surface area (Å²) < 4.78 is 16.8. The molecule has 0 saturated heterocycles. The van der Waals surface area contributed by atoms with E-state index in [1.165, 1.54) is 22.8 Å². The maximum Gasteiger partial charge on any atom is 0.275 e. The molecule has 0 aliphatic rings. The fourth-order valence-corrected chi connectivity index (χ4v) is 3.10. The average Bonchev–Trinajstić information content (AvgIpc) is 3.29. The summed E-state index contributed by atoms with van der Waals surface area (Å²) in [5, 5.41) is 14.7. The molecule has 4 aromatic rings. The van der Waals surface area contributed by atoms with Crippen LogP contribution in [0, 0.1) is 12.4 Å². The Labute approximate surface area is 174 Å². The molecule has 1 aromatic carbocycles. The fourth-order valence-electron chi connectivity index (χ4n) is 3.10. The lowest BCUT2D eigenvalue weighted by Crippen LogP contribution is -2.21. The van der Waals surface area contributed by atoms with Crippen LogP contribution in [0.1, 0.15) is 27.7 Å². The van der Waals surface area contributed by atoms with Crippen molar-refractivity contribution in [2.45, 2.75) is 39.8 Å². The summed E-state index contributed by atoms with van der Waals surface area (Å²) in [6.45, 7) is 11.3. The van der Waals surface area contributed by atoms with E-state index in [0.29, 0.717) is 35.8 Å². The highest BCUT2D eigenvalue weighted by Crippen LogP contribution is 2.31. The molecule has 8 heteroatoms. The van der Waals surface area contributed by atoms with Crippen molar-refractivity contribution in [1.82, 2.24) is 24.1 Å². The highest BCUT2D eigenvalue weighted by atomic mass is 19.1. The van der Waals surface area contributed by atoms with E-state index in [0.717, 1.165) is 11.3 Å². The van der Waals surface area contributed by atoms with Crippen LogP contribution < -0.4 is 0 Å². The van der Waals surface area contributed by atoms with E-state index in [4.69, 9.17) is 6.57 Å². The lowest BCUT2D eigenvalue weighted by atomic mass is 10.1. The first kappa shape index (κ1) is 21.1. The van der Waals surface area contributed by atoms with Crippen LogP contribution in [-0.2, 0) is 6.54 Å².